The van der Waals surface area contributed by atoms with Gasteiger partial charge in [-0.05, 0) is 52.3 Å². The monoisotopic (exact) mass is 469 g/mol. The van der Waals surface area contributed by atoms with Crippen LogP contribution >= 0.6 is 0 Å². The highest BCUT2D eigenvalue weighted by Crippen LogP contribution is 2.48. The van der Waals surface area contributed by atoms with Gasteiger partial charge in [0.25, 0.3) is 0 Å². The predicted octanol–water partition coefficient (Wildman–Crippen LogP) is 5.83. The first-order valence-electron chi connectivity index (χ1n) is 11.3. The number of rotatable bonds is 7. The van der Waals surface area contributed by atoms with E-state index in [4.69, 9.17) is 9.37 Å². The molecule has 1 atom stereocenters. The number of aromatic nitrogens is 2. The van der Waals surface area contributed by atoms with Crippen molar-refractivity contribution in [2.24, 2.45) is 0 Å². The van der Waals surface area contributed by atoms with Crippen LogP contribution in [0.15, 0.2) is 83.5 Å². The Bertz CT molecular complexity index is 1340. The predicted molar refractivity (Wildman–Crippen MR) is 129 cm³/mol. The molecule has 0 radical (unpaired) electrons. The lowest BCUT2D eigenvalue weighted by Crippen LogP contribution is -2.19. The fourth-order valence-electron chi connectivity index (χ4n) is 4.09. The van der Waals surface area contributed by atoms with E-state index in [-0.39, 0.29) is 5.82 Å². The number of nitrogens with one attached hydrogen (secondary N) is 1. The molecule has 1 aliphatic carbocycles. The van der Waals surface area contributed by atoms with Crippen molar-refractivity contribution in [1.29, 1.82) is 0 Å². The van der Waals surface area contributed by atoms with Crippen LogP contribution in [0.25, 0.3) is 22.4 Å². The Hall–Kier alpha value is -4.46. The SMILES string of the molecule is C[C@@H](OC(=O)Nc1nonc1-c1ccc(-c2ccc(C3(C(=O)O)CC3)cc2)cc1)c1ccccc1. The van der Waals surface area contributed by atoms with Gasteiger partial charge in [0, 0.05) is 5.56 Å². The van der Waals surface area contributed by atoms with Gasteiger partial charge in [-0.2, -0.15) is 0 Å². The lowest BCUT2D eigenvalue weighted by Gasteiger charge is -2.13. The summed E-state index contributed by atoms with van der Waals surface area (Å²) in [6.45, 7) is 1.79. The topological polar surface area (TPSA) is 115 Å². The van der Waals surface area contributed by atoms with Gasteiger partial charge in [0.15, 0.2) is 5.69 Å². The number of carboxylic acid groups (broad SMARTS) is 1. The Kier molecular flexibility index (Phi) is 5.78. The summed E-state index contributed by atoms with van der Waals surface area (Å²) >= 11 is 0. The minimum Gasteiger partial charge on any atom is -0.481 e. The molecule has 0 bridgehead atoms. The maximum atomic E-state index is 12.4. The maximum Gasteiger partial charge on any atom is 0.413 e. The highest BCUT2D eigenvalue weighted by molar-refractivity contribution is 5.88. The third-order valence-electron chi connectivity index (χ3n) is 6.35. The smallest absolute Gasteiger partial charge is 0.413 e. The molecule has 1 aromatic heterocycles. The number of carbonyl (C=O) groups is 2. The van der Waals surface area contributed by atoms with Gasteiger partial charge >= 0.3 is 12.1 Å². The Labute approximate surface area is 201 Å². The molecule has 2 N–H and O–H groups in total. The summed E-state index contributed by atoms with van der Waals surface area (Å²) in [5.41, 5.74) is 4.02. The second-order valence-corrected chi connectivity index (χ2v) is 8.59. The molecule has 4 aromatic rings. The van der Waals surface area contributed by atoms with E-state index in [2.05, 4.69) is 15.6 Å². The van der Waals surface area contributed by atoms with Crippen molar-refractivity contribution >= 4 is 17.9 Å². The molecule has 1 aliphatic rings. The second kappa shape index (κ2) is 9.06. The van der Waals surface area contributed by atoms with Crippen LogP contribution in [0.5, 0.6) is 0 Å². The molecular formula is C27H23N3O5. The largest absolute Gasteiger partial charge is 0.481 e. The number of amides is 1. The molecule has 0 saturated heterocycles. The van der Waals surface area contributed by atoms with Gasteiger partial charge in [-0.1, -0.05) is 78.9 Å². The molecule has 1 saturated carbocycles. The van der Waals surface area contributed by atoms with Crippen LogP contribution in [0, 0.1) is 0 Å². The number of carbonyl (C=O) groups excluding carboxylic acids is 1. The van der Waals surface area contributed by atoms with Gasteiger partial charge in [0.1, 0.15) is 6.10 Å². The molecule has 1 amide bonds. The van der Waals surface area contributed by atoms with E-state index in [0.717, 1.165) is 22.3 Å². The Morgan fingerprint density at radius 3 is 2.11 bits per heavy atom. The van der Waals surface area contributed by atoms with E-state index < -0.39 is 23.6 Å². The van der Waals surface area contributed by atoms with Crippen molar-refractivity contribution < 1.29 is 24.1 Å². The quantitative estimate of drug-likeness (QED) is 0.350. The fraction of sp³-hybridized carbons (Fsp3) is 0.185. The van der Waals surface area contributed by atoms with Gasteiger partial charge in [-0.15, -0.1) is 0 Å². The molecule has 8 nitrogen and oxygen atoms in total. The molecule has 5 rings (SSSR count). The number of hydrogen-bond donors (Lipinski definition) is 2. The Balaban J connectivity index is 1.27. The number of aliphatic carboxylic acids is 1. The van der Waals surface area contributed by atoms with E-state index in [1.807, 2.05) is 78.9 Å². The van der Waals surface area contributed by atoms with E-state index in [1.54, 1.807) is 6.92 Å². The summed E-state index contributed by atoms with van der Waals surface area (Å²) in [5.74, 6) is -0.602. The van der Waals surface area contributed by atoms with E-state index in [9.17, 15) is 14.7 Å². The molecule has 176 valence electrons. The van der Waals surface area contributed by atoms with Crippen molar-refractivity contribution in [3.05, 3.63) is 90.0 Å². The van der Waals surface area contributed by atoms with Gasteiger partial charge in [0.05, 0.1) is 5.41 Å². The minimum atomic E-state index is -0.765. The van der Waals surface area contributed by atoms with E-state index >= 15 is 0 Å². The molecule has 0 aliphatic heterocycles. The van der Waals surface area contributed by atoms with Crippen LogP contribution < -0.4 is 5.32 Å². The van der Waals surface area contributed by atoms with Crippen LogP contribution in [0.1, 0.15) is 37.0 Å². The van der Waals surface area contributed by atoms with Crippen molar-refractivity contribution in [3.63, 3.8) is 0 Å². The summed E-state index contributed by atoms with van der Waals surface area (Å²) in [5, 5.41) is 19.8. The van der Waals surface area contributed by atoms with Crippen molar-refractivity contribution in [2.45, 2.75) is 31.3 Å². The van der Waals surface area contributed by atoms with Crippen LogP contribution in [-0.2, 0) is 14.9 Å². The summed E-state index contributed by atoms with van der Waals surface area (Å²) in [6, 6.07) is 24.6. The zero-order chi connectivity index (χ0) is 24.4. The van der Waals surface area contributed by atoms with Crippen molar-refractivity contribution in [3.8, 4) is 22.4 Å². The number of anilines is 1. The molecule has 35 heavy (non-hydrogen) atoms. The average Bonchev–Trinajstić information content (AvgIpc) is 3.58. The standard InChI is InChI=1S/C27H23N3O5/c1-17(18-5-3-2-4-6-18)34-26(33)28-24-23(29-35-30-24)21-9-7-19(8-10-21)20-11-13-22(14-12-20)27(15-16-27)25(31)32/h2-14,17H,15-16H2,1H3,(H,31,32)(H,28,30,33)/t17-/m1/s1. The van der Waals surface area contributed by atoms with Gasteiger partial charge < -0.3 is 9.84 Å². The van der Waals surface area contributed by atoms with E-state index in [0.29, 0.717) is 24.1 Å². The Morgan fingerprint density at radius 1 is 0.914 bits per heavy atom. The first-order valence-corrected chi connectivity index (χ1v) is 11.3. The second-order valence-electron chi connectivity index (χ2n) is 8.59. The third kappa shape index (κ3) is 4.50. The molecule has 1 fully saturated rings. The molecular weight excluding hydrogens is 446 g/mol. The van der Waals surface area contributed by atoms with Gasteiger partial charge in [0.2, 0.25) is 5.82 Å². The number of benzene rings is 3. The first kappa shape index (κ1) is 22.3. The van der Waals surface area contributed by atoms with Crippen LogP contribution in [0.2, 0.25) is 0 Å². The lowest BCUT2D eigenvalue weighted by molar-refractivity contribution is -0.140. The number of hydrogen-bond acceptors (Lipinski definition) is 6. The van der Waals surface area contributed by atoms with Crippen LogP contribution in [0.3, 0.4) is 0 Å². The summed E-state index contributed by atoms with van der Waals surface area (Å²) < 4.78 is 10.3. The highest BCUT2D eigenvalue weighted by atomic mass is 16.6. The van der Waals surface area contributed by atoms with Crippen LogP contribution in [0.4, 0.5) is 10.6 Å². The molecule has 3 aromatic carbocycles. The highest BCUT2D eigenvalue weighted by Gasteiger charge is 2.51. The fourth-order valence-corrected chi connectivity index (χ4v) is 4.09. The maximum absolute atomic E-state index is 12.4. The van der Waals surface area contributed by atoms with Crippen LogP contribution in [-0.4, -0.2) is 27.5 Å². The zero-order valence-corrected chi connectivity index (χ0v) is 19.0. The normalized spacial score (nSPS) is 14.7. The molecule has 1 heterocycles. The molecule has 0 spiro atoms. The zero-order valence-electron chi connectivity index (χ0n) is 19.0. The minimum absolute atomic E-state index is 0.163. The van der Waals surface area contributed by atoms with Crippen molar-refractivity contribution in [1.82, 2.24) is 10.3 Å². The lowest BCUT2D eigenvalue weighted by atomic mass is 9.93. The number of carboxylic acids is 1. The third-order valence-corrected chi connectivity index (χ3v) is 6.35. The first-order chi connectivity index (χ1) is 17.0. The van der Waals surface area contributed by atoms with E-state index in [1.165, 1.54) is 0 Å². The van der Waals surface area contributed by atoms with Gasteiger partial charge in [-0.3, -0.25) is 10.1 Å². The summed E-state index contributed by atoms with van der Waals surface area (Å²) in [6.07, 6.45) is 0.259. The van der Waals surface area contributed by atoms with Crippen molar-refractivity contribution in [2.75, 3.05) is 5.32 Å². The average molecular weight is 469 g/mol. The summed E-state index contributed by atoms with van der Waals surface area (Å²) in [7, 11) is 0. The van der Waals surface area contributed by atoms with Gasteiger partial charge in [-0.25, -0.2) is 9.42 Å². The number of ether oxygens (including phenoxy) is 1. The molecule has 8 heteroatoms. The molecule has 0 unspecified atom stereocenters. The Morgan fingerprint density at radius 2 is 1.51 bits per heavy atom. The summed E-state index contributed by atoms with van der Waals surface area (Å²) in [4.78, 5) is 23.9. The number of nitrogens with zero attached hydrogens (tertiary/aromatic N) is 2.